The van der Waals surface area contributed by atoms with Crippen molar-refractivity contribution in [2.24, 2.45) is 0 Å². The number of amides is 2. The van der Waals surface area contributed by atoms with Crippen LogP contribution in [-0.4, -0.2) is 33.7 Å². The lowest BCUT2D eigenvalue weighted by atomic mass is 10.2. The first-order valence-corrected chi connectivity index (χ1v) is 8.01. The summed E-state index contributed by atoms with van der Waals surface area (Å²) >= 11 is 1.62. The molecule has 22 heavy (non-hydrogen) atoms. The molecule has 0 spiro atoms. The molecule has 2 aromatic rings. The van der Waals surface area contributed by atoms with E-state index in [0.29, 0.717) is 25.1 Å². The molecule has 6 nitrogen and oxygen atoms in total. The van der Waals surface area contributed by atoms with Crippen LogP contribution in [0.15, 0.2) is 41.8 Å². The quantitative estimate of drug-likeness (QED) is 0.901. The van der Waals surface area contributed by atoms with Gasteiger partial charge in [-0.2, -0.15) is 0 Å². The van der Waals surface area contributed by atoms with Crippen LogP contribution in [0, 0.1) is 0 Å². The predicted octanol–water partition coefficient (Wildman–Crippen LogP) is 1.75. The van der Waals surface area contributed by atoms with E-state index in [1.807, 2.05) is 16.8 Å². The zero-order valence-corrected chi connectivity index (χ0v) is 12.7. The van der Waals surface area contributed by atoms with Gasteiger partial charge in [-0.25, -0.2) is 4.98 Å². The fourth-order valence-electron chi connectivity index (χ4n) is 2.18. The van der Waals surface area contributed by atoms with Crippen molar-refractivity contribution in [3.63, 3.8) is 0 Å². The third-order valence-corrected chi connectivity index (χ3v) is 4.39. The molecule has 0 unspecified atom stereocenters. The lowest BCUT2D eigenvalue weighted by Gasteiger charge is -2.10. The fourth-order valence-corrected chi connectivity index (χ4v) is 3.12. The number of carbonyl (C=O) groups is 2. The van der Waals surface area contributed by atoms with Crippen molar-refractivity contribution in [1.29, 1.82) is 0 Å². The van der Waals surface area contributed by atoms with Gasteiger partial charge in [0, 0.05) is 48.1 Å². The predicted molar refractivity (Wildman–Crippen MR) is 85.0 cm³/mol. The smallest absolute Gasteiger partial charge is 0.251 e. The van der Waals surface area contributed by atoms with Crippen molar-refractivity contribution in [3.8, 4) is 0 Å². The van der Waals surface area contributed by atoms with Crippen LogP contribution in [0.4, 0.5) is 5.69 Å². The van der Waals surface area contributed by atoms with Gasteiger partial charge in [-0.3, -0.25) is 9.59 Å². The van der Waals surface area contributed by atoms with Gasteiger partial charge >= 0.3 is 0 Å². The van der Waals surface area contributed by atoms with Gasteiger partial charge in [0.2, 0.25) is 5.91 Å². The molecule has 2 N–H and O–H groups in total. The number of imidazole rings is 1. The Morgan fingerprint density at radius 1 is 1.45 bits per heavy atom. The molecule has 1 aliphatic rings. The molecule has 1 aromatic heterocycles. The molecule has 2 heterocycles. The minimum absolute atomic E-state index is 0.0103. The Bertz CT molecular complexity index is 685. The van der Waals surface area contributed by atoms with Gasteiger partial charge in [-0.05, 0) is 18.2 Å². The Labute approximate surface area is 132 Å². The zero-order chi connectivity index (χ0) is 15.4. The summed E-state index contributed by atoms with van der Waals surface area (Å²) in [5, 5.41) is 5.71. The van der Waals surface area contributed by atoms with Crippen LogP contribution in [0.3, 0.4) is 0 Å². The second-order valence-electron chi connectivity index (χ2n) is 4.91. The van der Waals surface area contributed by atoms with Crippen molar-refractivity contribution >= 4 is 29.3 Å². The number of hydrogen-bond donors (Lipinski definition) is 2. The van der Waals surface area contributed by atoms with Gasteiger partial charge in [0.25, 0.3) is 5.91 Å². The molecule has 0 atom stereocenters. The van der Waals surface area contributed by atoms with Gasteiger partial charge in [0.05, 0.1) is 12.0 Å². The molecule has 0 radical (unpaired) electrons. The fraction of sp³-hybridized carbons (Fsp3) is 0.267. The second kappa shape index (κ2) is 6.65. The van der Waals surface area contributed by atoms with Crippen LogP contribution >= 0.6 is 11.8 Å². The summed E-state index contributed by atoms with van der Waals surface area (Å²) in [4.78, 5) is 28.7. The number of fused-ring (bicyclic) bond motifs is 1. The first-order valence-electron chi connectivity index (χ1n) is 7.03. The van der Waals surface area contributed by atoms with Gasteiger partial charge in [0.1, 0.15) is 0 Å². The molecule has 0 saturated carbocycles. The monoisotopic (exact) mass is 316 g/mol. The summed E-state index contributed by atoms with van der Waals surface area (Å²) in [5.41, 5.74) is 1.27. The summed E-state index contributed by atoms with van der Waals surface area (Å²) in [6.45, 7) is 1.19. The number of benzene rings is 1. The van der Waals surface area contributed by atoms with E-state index in [9.17, 15) is 9.59 Å². The van der Waals surface area contributed by atoms with Crippen LogP contribution in [0.1, 0.15) is 16.8 Å². The second-order valence-corrected chi connectivity index (χ2v) is 6.05. The standard InChI is InChI=1S/C15H16N4O2S/c20-14-3-8-22-13-2-1-11(9-12(13)18-14)15(21)17-5-7-19-6-4-16-10-19/h1-2,4,6,9-10H,3,5,7-8H2,(H,17,21)(H,18,20). The summed E-state index contributed by atoms with van der Waals surface area (Å²) < 4.78 is 1.90. The van der Waals surface area contributed by atoms with E-state index < -0.39 is 0 Å². The Balaban J connectivity index is 1.64. The molecular formula is C15H16N4O2S. The van der Waals surface area contributed by atoms with Gasteiger partial charge < -0.3 is 15.2 Å². The van der Waals surface area contributed by atoms with Crippen molar-refractivity contribution < 1.29 is 9.59 Å². The Kier molecular flexibility index (Phi) is 4.43. The van der Waals surface area contributed by atoms with Crippen LogP contribution in [0.5, 0.6) is 0 Å². The molecule has 1 aromatic carbocycles. The maximum atomic E-state index is 12.2. The number of anilines is 1. The molecule has 3 rings (SSSR count). The van der Waals surface area contributed by atoms with Crippen molar-refractivity contribution in [1.82, 2.24) is 14.9 Å². The highest BCUT2D eigenvalue weighted by molar-refractivity contribution is 7.99. The molecular weight excluding hydrogens is 300 g/mol. The van der Waals surface area contributed by atoms with Crippen LogP contribution < -0.4 is 10.6 Å². The van der Waals surface area contributed by atoms with E-state index >= 15 is 0 Å². The number of nitrogens with one attached hydrogen (secondary N) is 2. The number of nitrogens with zero attached hydrogens (tertiary/aromatic N) is 2. The molecule has 0 bridgehead atoms. The normalized spacial score (nSPS) is 13.9. The summed E-state index contributed by atoms with van der Waals surface area (Å²) in [7, 11) is 0. The Hall–Kier alpha value is -2.28. The third kappa shape index (κ3) is 3.48. The first kappa shape index (κ1) is 14.6. The number of hydrogen-bond acceptors (Lipinski definition) is 4. The molecule has 2 amide bonds. The number of aromatic nitrogens is 2. The number of rotatable bonds is 4. The molecule has 1 aliphatic heterocycles. The number of carbonyl (C=O) groups excluding carboxylic acids is 2. The highest BCUT2D eigenvalue weighted by Gasteiger charge is 2.15. The largest absolute Gasteiger partial charge is 0.350 e. The Morgan fingerprint density at radius 2 is 2.36 bits per heavy atom. The van der Waals surface area contributed by atoms with Crippen LogP contribution in [0.25, 0.3) is 0 Å². The van der Waals surface area contributed by atoms with Crippen LogP contribution in [0.2, 0.25) is 0 Å². The van der Waals surface area contributed by atoms with Crippen molar-refractivity contribution in [2.75, 3.05) is 17.6 Å². The highest BCUT2D eigenvalue weighted by atomic mass is 32.2. The maximum absolute atomic E-state index is 12.2. The summed E-state index contributed by atoms with van der Waals surface area (Å²) in [6.07, 6.45) is 5.75. The van der Waals surface area contributed by atoms with E-state index in [-0.39, 0.29) is 11.8 Å². The SMILES string of the molecule is O=C1CCSc2ccc(C(=O)NCCn3ccnc3)cc2N1. The minimum atomic E-state index is -0.147. The van der Waals surface area contributed by atoms with E-state index in [2.05, 4.69) is 15.6 Å². The lowest BCUT2D eigenvalue weighted by Crippen LogP contribution is -2.27. The number of thioether (sulfide) groups is 1. The maximum Gasteiger partial charge on any atom is 0.251 e. The van der Waals surface area contributed by atoms with Gasteiger partial charge in [0.15, 0.2) is 0 Å². The highest BCUT2D eigenvalue weighted by Crippen LogP contribution is 2.31. The van der Waals surface area contributed by atoms with Gasteiger partial charge in [-0.15, -0.1) is 11.8 Å². The zero-order valence-electron chi connectivity index (χ0n) is 11.9. The van der Waals surface area contributed by atoms with Crippen molar-refractivity contribution in [3.05, 3.63) is 42.5 Å². The molecule has 0 aliphatic carbocycles. The summed E-state index contributed by atoms with van der Waals surface area (Å²) in [5.74, 6) is 0.602. The minimum Gasteiger partial charge on any atom is -0.350 e. The molecule has 0 saturated heterocycles. The van der Waals surface area contributed by atoms with E-state index in [1.165, 1.54) is 0 Å². The van der Waals surface area contributed by atoms with E-state index in [0.717, 1.165) is 16.3 Å². The average Bonchev–Trinajstić information content (AvgIpc) is 2.94. The van der Waals surface area contributed by atoms with E-state index in [1.54, 1.807) is 36.4 Å². The van der Waals surface area contributed by atoms with Gasteiger partial charge in [-0.1, -0.05) is 0 Å². The van der Waals surface area contributed by atoms with Crippen molar-refractivity contribution in [2.45, 2.75) is 17.9 Å². The van der Waals surface area contributed by atoms with Crippen LogP contribution in [-0.2, 0) is 11.3 Å². The summed E-state index contributed by atoms with van der Waals surface area (Å²) in [6, 6.07) is 5.41. The average molecular weight is 316 g/mol. The molecule has 0 fully saturated rings. The third-order valence-electron chi connectivity index (χ3n) is 3.32. The Morgan fingerprint density at radius 3 is 3.18 bits per heavy atom. The van der Waals surface area contributed by atoms with E-state index in [4.69, 9.17) is 0 Å². The lowest BCUT2D eigenvalue weighted by molar-refractivity contribution is -0.115. The molecule has 7 heteroatoms. The molecule has 114 valence electrons. The topological polar surface area (TPSA) is 76.0 Å². The first-order chi connectivity index (χ1) is 10.7.